The molecule has 99 heavy (non-hydrogen) atoms. The highest BCUT2D eigenvalue weighted by Crippen LogP contribution is 2.56. The van der Waals surface area contributed by atoms with Gasteiger partial charge in [-0.3, -0.25) is 0 Å². The van der Waals surface area contributed by atoms with E-state index >= 15 is 0 Å². The number of rotatable bonds is 9. The quantitative estimate of drug-likeness (QED) is 0.135. The highest BCUT2D eigenvalue weighted by Gasteiger charge is 2.46. The molecule has 0 amide bonds. The van der Waals surface area contributed by atoms with Crippen LogP contribution in [0.5, 0.6) is 11.5 Å². The van der Waals surface area contributed by atoms with Crippen molar-refractivity contribution in [1.29, 1.82) is 0 Å². The number of fused-ring (bicyclic) bond motifs is 12. The first-order chi connectivity index (χ1) is 52.2. The molecule has 0 aliphatic carbocycles. The summed E-state index contributed by atoms with van der Waals surface area (Å²) < 4.78 is 90.3. The Labute approximate surface area is 586 Å². The highest BCUT2D eigenvalue weighted by molar-refractivity contribution is 7.00. The van der Waals surface area contributed by atoms with Crippen LogP contribution in [0, 0.1) is 0 Å². The van der Waals surface area contributed by atoms with Crippen LogP contribution in [0.25, 0.3) is 116 Å². The van der Waals surface area contributed by atoms with Gasteiger partial charge in [0.2, 0.25) is 0 Å². The summed E-state index contributed by atoms with van der Waals surface area (Å²) in [5.41, 5.74) is 23.6. The molecule has 2 aromatic heterocycles. The number of nitrogens with zero attached hydrogens (tertiary/aromatic N) is 3. The van der Waals surface area contributed by atoms with Crippen molar-refractivity contribution in [2.24, 2.45) is 0 Å². The third kappa shape index (κ3) is 8.82. The lowest BCUT2D eigenvalue weighted by Gasteiger charge is -2.46. The van der Waals surface area contributed by atoms with Crippen LogP contribution in [0.3, 0.4) is 0 Å². The molecule has 0 fully saturated rings. The topological polar surface area (TPSA) is 33.8 Å². The Balaban J connectivity index is 0.969. The van der Waals surface area contributed by atoms with Gasteiger partial charge >= 0.3 is 0 Å². The van der Waals surface area contributed by atoms with E-state index in [4.69, 9.17) is 11.9 Å². The number of furan rings is 1. The fourth-order valence-electron chi connectivity index (χ4n) is 16.1. The summed E-state index contributed by atoms with van der Waals surface area (Å²) in [5.74, 6) is 1.60. The smallest absolute Gasteiger partial charge is 0.252 e. The van der Waals surface area contributed by atoms with Crippen molar-refractivity contribution in [1.82, 2.24) is 4.57 Å². The Morgan fingerprint density at radius 2 is 0.788 bits per heavy atom. The van der Waals surface area contributed by atoms with Gasteiger partial charge in [0.25, 0.3) is 6.71 Å². The summed E-state index contributed by atoms with van der Waals surface area (Å²) in [7, 11) is 0. The van der Waals surface area contributed by atoms with Crippen LogP contribution in [0.4, 0.5) is 34.1 Å². The summed E-state index contributed by atoms with van der Waals surface area (Å²) in [6.07, 6.45) is 0. The lowest BCUT2D eigenvalue weighted by Crippen LogP contribution is -2.61. The summed E-state index contributed by atoms with van der Waals surface area (Å²) in [4.78, 5) is 4.94. The van der Waals surface area contributed by atoms with E-state index in [1.165, 1.54) is 0 Å². The minimum absolute atomic E-state index is 0.00188. The molecule has 5 nitrogen and oxygen atoms in total. The Kier molecular flexibility index (Phi) is 11.0. The van der Waals surface area contributed by atoms with Gasteiger partial charge in [0, 0.05) is 88.8 Å². The number of aromatic nitrogens is 1. The minimum atomic E-state index is -0.525. The second kappa shape index (κ2) is 22.2. The molecule has 3 aliphatic heterocycles. The zero-order chi connectivity index (χ0) is 72.4. The van der Waals surface area contributed by atoms with E-state index in [0.717, 1.165) is 162 Å². The molecule has 0 bridgehead atoms. The molecule has 5 heterocycles. The summed E-state index contributed by atoms with van der Waals surface area (Å²) >= 11 is 0. The van der Waals surface area contributed by atoms with Crippen LogP contribution >= 0.6 is 0 Å². The fourth-order valence-corrected chi connectivity index (χ4v) is 16.1. The monoisotopic (exact) mass is 1270 g/mol. The van der Waals surface area contributed by atoms with E-state index < -0.39 is 48.4 Å². The lowest BCUT2D eigenvalue weighted by atomic mass is 9.33. The minimum Gasteiger partial charge on any atom is -0.457 e. The van der Waals surface area contributed by atoms with Crippen LogP contribution in [-0.2, 0) is 5.41 Å². The van der Waals surface area contributed by atoms with E-state index in [2.05, 4.69) is 266 Å². The Bertz CT molecular complexity index is 6450. The van der Waals surface area contributed by atoms with Crippen molar-refractivity contribution in [3.05, 3.63) is 351 Å². The Morgan fingerprint density at radius 3 is 1.38 bits per heavy atom. The maximum absolute atomic E-state index is 9.82. The molecule has 0 radical (unpaired) electrons. The van der Waals surface area contributed by atoms with Crippen molar-refractivity contribution in [2.45, 2.75) is 19.3 Å². The highest BCUT2D eigenvalue weighted by atomic mass is 16.5. The van der Waals surface area contributed by atoms with E-state index in [0.29, 0.717) is 5.69 Å². The van der Waals surface area contributed by atoms with Gasteiger partial charge in [-0.05, 0) is 140 Å². The number of ether oxygens (including phenoxy) is 1. The van der Waals surface area contributed by atoms with Crippen LogP contribution < -0.4 is 30.9 Å². The van der Waals surface area contributed by atoms with E-state index in [1.54, 1.807) is 4.57 Å². The molecule has 0 spiro atoms. The van der Waals surface area contributed by atoms with Crippen LogP contribution in [-0.4, -0.2) is 11.3 Å². The predicted octanol–water partition coefficient (Wildman–Crippen LogP) is 23.2. The van der Waals surface area contributed by atoms with Gasteiger partial charge in [0.1, 0.15) is 22.7 Å². The van der Waals surface area contributed by atoms with Crippen molar-refractivity contribution in [2.75, 3.05) is 9.80 Å². The number of benzene rings is 15. The predicted molar refractivity (Wildman–Crippen MR) is 413 cm³/mol. The van der Waals surface area contributed by atoms with Crippen LogP contribution in [0.15, 0.2) is 344 Å². The Morgan fingerprint density at radius 1 is 0.333 bits per heavy atom. The molecule has 464 valence electrons. The molecule has 20 rings (SSSR count). The standard InChI is InChI=1S/C93H62BN3O2/c1-93(2)76-40-18-22-44-88(76)99-89-52-47-64(54-77(89)93)66-56-84-90-85(57-66)97(92-70(61-29-11-5-12-30-61)38-24-39-71(92)62-31-13-6-14-32-62)83-58-67(95-80-41-19-15-33-72(80)73-34-16-20-42-81(73)95)48-50-79(83)94(90)78-49-45-65(63-46-51-87-75(53-63)74-35-17-21-43-86(74)98-87)55-82(78)96(84)91-68(59-25-7-3-8-26-59)36-23-37-69(91)60-27-9-4-10-28-60/h3-58H,1-2H3/i15D,16D,19D,20D,33D,34D,41D,42D. The van der Waals surface area contributed by atoms with Crippen molar-refractivity contribution < 1.29 is 20.1 Å². The van der Waals surface area contributed by atoms with Gasteiger partial charge in [0.05, 0.1) is 33.4 Å². The number of hydrogen-bond acceptors (Lipinski definition) is 4. The SMILES string of the molecule is [2H]c1c([2H])c([2H])c2c(c1[2H])c1c([2H])c([2H])c([2H])c([2H])c1n2-c1ccc2c(c1)N(c1c(-c3ccccc3)cccc1-c1ccccc1)c1cc(-c3ccc4c(c3)C(C)(C)c3ccccc3O4)cc3c1B2c1ccc(-c2ccc4oc5ccccc5c4c2)cc1N3c1c(-c2ccccc2)cccc1-c1ccccc1. The Hall–Kier alpha value is -12.6. The third-order valence-electron chi connectivity index (χ3n) is 20.7. The van der Waals surface area contributed by atoms with Gasteiger partial charge in [-0.1, -0.05) is 275 Å². The average molecular weight is 1270 g/mol. The molecular weight excluding hydrogens is 1200 g/mol. The third-order valence-corrected chi connectivity index (χ3v) is 20.7. The second-order valence-corrected chi connectivity index (χ2v) is 26.4. The zero-order valence-electron chi connectivity index (χ0n) is 61.9. The maximum Gasteiger partial charge on any atom is 0.252 e. The zero-order valence-corrected chi connectivity index (χ0v) is 53.9. The summed E-state index contributed by atoms with van der Waals surface area (Å²) in [6.45, 7) is 4.01. The first kappa shape index (κ1) is 49.0. The van der Waals surface area contributed by atoms with Crippen LogP contribution in [0.1, 0.15) is 35.9 Å². The maximum atomic E-state index is 9.82. The number of para-hydroxylation sites is 6. The molecule has 0 saturated heterocycles. The van der Waals surface area contributed by atoms with Gasteiger partial charge in [-0.15, -0.1) is 0 Å². The summed E-state index contributed by atoms with van der Waals surface area (Å²) in [6, 6.07) is 99.1. The number of anilines is 6. The molecule has 3 aliphatic rings. The second-order valence-electron chi connectivity index (χ2n) is 26.4. The summed E-state index contributed by atoms with van der Waals surface area (Å²) in [5, 5.41) is 2.03. The molecule has 15 aromatic carbocycles. The lowest BCUT2D eigenvalue weighted by molar-refractivity contribution is 0.418. The average Bonchev–Trinajstić information content (AvgIpc) is 1.56. The van der Waals surface area contributed by atoms with E-state index in [9.17, 15) is 8.22 Å². The molecule has 6 heteroatoms. The molecule has 0 saturated carbocycles. The molecule has 0 atom stereocenters. The van der Waals surface area contributed by atoms with Gasteiger partial charge in [0.15, 0.2) is 0 Å². The van der Waals surface area contributed by atoms with Gasteiger partial charge < -0.3 is 23.5 Å². The van der Waals surface area contributed by atoms with Crippen molar-refractivity contribution in [3.8, 4) is 83.9 Å². The van der Waals surface area contributed by atoms with Crippen molar-refractivity contribution >= 4 is 101 Å². The van der Waals surface area contributed by atoms with E-state index in [-0.39, 0.29) is 33.9 Å². The van der Waals surface area contributed by atoms with Crippen molar-refractivity contribution in [3.63, 3.8) is 0 Å². The number of hydrogen-bond donors (Lipinski definition) is 0. The van der Waals surface area contributed by atoms with Gasteiger partial charge in [-0.25, -0.2) is 0 Å². The largest absolute Gasteiger partial charge is 0.457 e. The fraction of sp³-hybridized carbons (Fsp3) is 0.0323. The molecule has 17 aromatic rings. The van der Waals surface area contributed by atoms with Gasteiger partial charge in [-0.2, -0.15) is 0 Å². The first-order valence-corrected chi connectivity index (χ1v) is 33.6. The van der Waals surface area contributed by atoms with Crippen LogP contribution in [0.2, 0.25) is 0 Å². The molecule has 0 N–H and O–H groups in total. The molecular formula is C93H62BN3O2. The van der Waals surface area contributed by atoms with E-state index in [1.807, 2.05) is 48.5 Å². The normalized spacial score (nSPS) is 14.4. The first-order valence-electron chi connectivity index (χ1n) is 37.6. The molecule has 0 unspecified atom stereocenters.